The van der Waals surface area contributed by atoms with E-state index in [1.54, 1.807) is 29.9 Å². The minimum atomic E-state index is -0.706. The van der Waals surface area contributed by atoms with Crippen LogP contribution in [0.1, 0.15) is 23.6 Å². The molecule has 0 saturated heterocycles. The molecule has 1 N–H and O–H groups in total. The predicted molar refractivity (Wildman–Crippen MR) is 98.1 cm³/mol. The summed E-state index contributed by atoms with van der Waals surface area (Å²) in [5.41, 5.74) is 1.37. The highest BCUT2D eigenvalue weighted by Crippen LogP contribution is 2.40. The quantitative estimate of drug-likeness (QED) is 0.745. The molecule has 28 heavy (non-hydrogen) atoms. The summed E-state index contributed by atoms with van der Waals surface area (Å²) in [6.45, 7) is 0. The molecule has 0 spiro atoms. The molecular formula is C20H17F2N3O3. The van der Waals surface area contributed by atoms with Crippen molar-refractivity contribution < 1.29 is 23.0 Å². The molecule has 6 nitrogen and oxygen atoms in total. The highest BCUT2D eigenvalue weighted by molar-refractivity contribution is 5.94. The molecule has 0 saturated carbocycles. The van der Waals surface area contributed by atoms with E-state index in [9.17, 15) is 13.6 Å². The Bertz CT molecular complexity index is 1060. The monoisotopic (exact) mass is 385 g/mol. The van der Waals surface area contributed by atoms with Gasteiger partial charge in [0.2, 0.25) is 5.91 Å². The Labute approximate surface area is 159 Å². The molecule has 1 atom stereocenters. The first-order valence-corrected chi connectivity index (χ1v) is 8.56. The molecule has 1 aromatic heterocycles. The fourth-order valence-electron chi connectivity index (χ4n) is 3.41. The first-order valence-electron chi connectivity index (χ1n) is 8.56. The van der Waals surface area contributed by atoms with Crippen LogP contribution < -0.4 is 14.8 Å². The van der Waals surface area contributed by atoms with E-state index < -0.39 is 17.6 Å². The number of anilines is 1. The van der Waals surface area contributed by atoms with Crippen molar-refractivity contribution in [1.29, 1.82) is 0 Å². The van der Waals surface area contributed by atoms with Gasteiger partial charge in [0.25, 0.3) is 0 Å². The third-order valence-corrected chi connectivity index (χ3v) is 4.76. The minimum Gasteiger partial charge on any atom is -0.497 e. The van der Waals surface area contributed by atoms with Gasteiger partial charge in [-0.15, -0.1) is 0 Å². The number of carbonyl (C=O) groups excluding carboxylic acids is 1. The number of amides is 1. The molecule has 2 heterocycles. The number of fused-ring (bicyclic) bond motifs is 1. The summed E-state index contributed by atoms with van der Waals surface area (Å²) in [7, 11) is 3.08. The molecule has 1 aliphatic rings. The Balaban J connectivity index is 1.84. The van der Waals surface area contributed by atoms with E-state index >= 15 is 0 Å². The smallest absolute Gasteiger partial charge is 0.226 e. The van der Waals surface area contributed by atoms with Gasteiger partial charge >= 0.3 is 0 Å². The largest absolute Gasteiger partial charge is 0.497 e. The molecular weight excluding hydrogens is 368 g/mol. The molecule has 0 radical (unpaired) electrons. The van der Waals surface area contributed by atoms with Crippen LogP contribution in [-0.2, 0) is 4.79 Å². The Morgan fingerprint density at radius 3 is 2.68 bits per heavy atom. The van der Waals surface area contributed by atoms with Crippen molar-refractivity contribution in [3.8, 4) is 17.2 Å². The fourth-order valence-corrected chi connectivity index (χ4v) is 3.41. The molecule has 1 aliphatic heterocycles. The summed E-state index contributed by atoms with van der Waals surface area (Å²) in [6.07, 6.45) is 1.56. The number of nitrogens with zero attached hydrogens (tertiary/aromatic N) is 2. The second kappa shape index (κ2) is 6.95. The molecule has 8 heteroatoms. The van der Waals surface area contributed by atoms with Gasteiger partial charge in [0, 0.05) is 24.5 Å². The summed E-state index contributed by atoms with van der Waals surface area (Å²) < 4.78 is 39.9. The number of imidazole rings is 1. The SMILES string of the molecule is COc1ccc(-n2cnc3c2NC(=O)CC3c2ccc(F)cc2F)c(OC)c1. The number of halogens is 2. The van der Waals surface area contributed by atoms with Gasteiger partial charge in [0.1, 0.15) is 35.3 Å². The lowest BCUT2D eigenvalue weighted by Gasteiger charge is -2.24. The van der Waals surface area contributed by atoms with Crippen LogP contribution >= 0.6 is 0 Å². The first-order chi connectivity index (χ1) is 13.5. The number of hydrogen-bond donors (Lipinski definition) is 1. The van der Waals surface area contributed by atoms with Gasteiger partial charge in [0.15, 0.2) is 0 Å². The number of methoxy groups -OCH3 is 2. The Morgan fingerprint density at radius 2 is 1.96 bits per heavy atom. The van der Waals surface area contributed by atoms with E-state index in [1.807, 2.05) is 0 Å². The van der Waals surface area contributed by atoms with Crippen molar-refractivity contribution in [2.75, 3.05) is 19.5 Å². The lowest BCUT2D eigenvalue weighted by molar-refractivity contribution is -0.116. The van der Waals surface area contributed by atoms with Crippen LogP contribution in [0.15, 0.2) is 42.7 Å². The molecule has 144 valence electrons. The van der Waals surface area contributed by atoms with E-state index in [0.717, 1.165) is 6.07 Å². The van der Waals surface area contributed by atoms with Crippen molar-refractivity contribution in [3.05, 3.63) is 65.6 Å². The van der Waals surface area contributed by atoms with Crippen LogP contribution in [0, 0.1) is 11.6 Å². The molecule has 0 bridgehead atoms. The van der Waals surface area contributed by atoms with Gasteiger partial charge in [-0.3, -0.25) is 9.36 Å². The van der Waals surface area contributed by atoms with Crippen LogP contribution in [-0.4, -0.2) is 29.7 Å². The van der Waals surface area contributed by atoms with Crippen LogP contribution in [0.2, 0.25) is 0 Å². The molecule has 4 rings (SSSR count). The Hall–Kier alpha value is -3.42. The van der Waals surface area contributed by atoms with E-state index in [4.69, 9.17) is 9.47 Å². The van der Waals surface area contributed by atoms with Crippen LogP contribution in [0.5, 0.6) is 11.5 Å². The fraction of sp³-hybridized carbons (Fsp3) is 0.200. The zero-order valence-corrected chi connectivity index (χ0v) is 15.2. The van der Waals surface area contributed by atoms with Crippen LogP contribution in [0.25, 0.3) is 5.69 Å². The number of ether oxygens (including phenoxy) is 2. The maximum atomic E-state index is 14.3. The zero-order chi connectivity index (χ0) is 19.8. The van der Waals surface area contributed by atoms with Crippen molar-refractivity contribution >= 4 is 11.7 Å². The molecule has 2 aromatic carbocycles. The van der Waals surface area contributed by atoms with E-state index in [-0.39, 0.29) is 17.9 Å². The Morgan fingerprint density at radius 1 is 1.14 bits per heavy atom. The maximum absolute atomic E-state index is 14.3. The van der Waals surface area contributed by atoms with Gasteiger partial charge in [-0.2, -0.15) is 0 Å². The third-order valence-electron chi connectivity index (χ3n) is 4.76. The number of carbonyl (C=O) groups is 1. The van der Waals surface area contributed by atoms with Gasteiger partial charge < -0.3 is 14.8 Å². The highest BCUT2D eigenvalue weighted by atomic mass is 19.1. The zero-order valence-electron chi connectivity index (χ0n) is 15.2. The normalized spacial score (nSPS) is 15.7. The van der Waals surface area contributed by atoms with Crippen molar-refractivity contribution in [1.82, 2.24) is 9.55 Å². The van der Waals surface area contributed by atoms with Gasteiger partial charge in [-0.25, -0.2) is 13.8 Å². The minimum absolute atomic E-state index is 0.0202. The highest BCUT2D eigenvalue weighted by Gasteiger charge is 2.33. The summed E-state index contributed by atoms with van der Waals surface area (Å²) in [6, 6.07) is 8.58. The van der Waals surface area contributed by atoms with Gasteiger partial charge in [0.05, 0.1) is 25.6 Å². The van der Waals surface area contributed by atoms with E-state index in [1.165, 1.54) is 25.6 Å². The number of hydrogen-bond acceptors (Lipinski definition) is 4. The van der Waals surface area contributed by atoms with E-state index in [0.29, 0.717) is 28.7 Å². The average Bonchev–Trinajstić information content (AvgIpc) is 3.10. The molecule has 1 amide bonds. The molecule has 3 aromatic rings. The van der Waals surface area contributed by atoms with Gasteiger partial charge in [-0.05, 0) is 23.8 Å². The molecule has 0 fully saturated rings. The Kier molecular flexibility index (Phi) is 4.46. The van der Waals surface area contributed by atoms with Crippen LogP contribution in [0.4, 0.5) is 14.6 Å². The number of rotatable bonds is 4. The lowest BCUT2D eigenvalue weighted by atomic mass is 9.89. The van der Waals surface area contributed by atoms with Gasteiger partial charge in [-0.1, -0.05) is 6.07 Å². The predicted octanol–water partition coefficient (Wildman–Crippen LogP) is 3.64. The summed E-state index contributed by atoms with van der Waals surface area (Å²) in [5, 5.41) is 2.80. The summed E-state index contributed by atoms with van der Waals surface area (Å²) in [4.78, 5) is 16.7. The van der Waals surface area contributed by atoms with E-state index in [2.05, 4.69) is 10.3 Å². The second-order valence-corrected chi connectivity index (χ2v) is 6.36. The maximum Gasteiger partial charge on any atom is 0.226 e. The summed E-state index contributed by atoms with van der Waals surface area (Å²) in [5.74, 6) is -0.718. The molecule has 0 aliphatic carbocycles. The lowest BCUT2D eigenvalue weighted by Crippen LogP contribution is -2.25. The second-order valence-electron chi connectivity index (χ2n) is 6.36. The standard InChI is InChI=1S/C20H17F2N3O3/c1-27-12-4-6-16(17(8-12)28-2)25-10-23-19-14(9-18(26)24-20(19)25)13-5-3-11(21)7-15(13)22/h3-8,10,14H,9H2,1-2H3,(H,24,26). The van der Waals surface area contributed by atoms with Crippen molar-refractivity contribution in [2.24, 2.45) is 0 Å². The van der Waals surface area contributed by atoms with Crippen LogP contribution in [0.3, 0.4) is 0 Å². The summed E-state index contributed by atoms with van der Waals surface area (Å²) >= 11 is 0. The van der Waals surface area contributed by atoms with Crippen molar-refractivity contribution in [3.63, 3.8) is 0 Å². The topological polar surface area (TPSA) is 65.4 Å². The number of benzene rings is 2. The number of nitrogens with one attached hydrogen (secondary N) is 1. The third kappa shape index (κ3) is 2.96. The average molecular weight is 385 g/mol. The number of aromatic nitrogens is 2. The first kappa shape index (κ1) is 18.0. The molecule has 1 unspecified atom stereocenters. The van der Waals surface area contributed by atoms with Crippen molar-refractivity contribution in [2.45, 2.75) is 12.3 Å².